The Kier molecular flexibility index (Phi) is 11.1. The molecule has 2 aliphatic rings. The number of likely N-dealkylation sites (tertiary alicyclic amines) is 1. The van der Waals surface area contributed by atoms with E-state index in [1.165, 1.54) is 31.8 Å². The van der Waals surface area contributed by atoms with Crippen molar-refractivity contribution in [1.82, 2.24) is 10.2 Å². The quantitative estimate of drug-likeness (QED) is 0.614. The van der Waals surface area contributed by atoms with Gasteiger partial charge in [0.15, 0.2) is 0 Å². The molecule has 21 heavy (non-hydrogen) atoms. The number of amides is 1. The van der Waals surface area contributed by atoms with Crippen molar-refractivity contribution >= 4 is 6.41 Å². The van der Waals surface area contributed by atoms with Crippen LogP contribution in [0.15, 0.2) is 6.08 Å². The van der Waals surface area contributed by atoms with E-state index < -0.39 is 0 Å². The zero-order valence-corrected chi connectivity index (χ0v) is 16.7. The normalized spacial score (nSPS) is 30.3. The van der Waals surface area contributed by atoms with Crippen LogP contribution < -0.4 is 5.32 Å². The summed E-state index contributed by atoms with van der Waals surface area (Å²) >= 11 is 0. The van der Waals surface area contributed by atoms with Crippen LogP contribution in [-0.2, 0) is 37.5 Å². The van der Waals surface area contributed by atoms with E-state index in [9.17, 15) is 4.79 Å². The molecular formula is C17H30N2OY-2. The van der Waals surface area contributed by atoms with Crippen molar-refractivity contribution in [3.8, 4) is 0 Å². The zero-order chi connectivity index (χ0) is 15.0. The van der Waals surface area contributed by atoms with Crippen LogP contribution in [0.4, 0.5) is 0 Å². The van der Waals surface area contributed by atoms with Crippen molar-refractivity contribution < 1.29 is 37.5 Å². The molecule has 0 aromatic heterocycles. The van der Waals surface area contributed by atoms with Crippen LogP contribution in [0.25, 0.3) is 0 Å². The first-order valence-corrected chi connectivity index (χ1v) is 7.93. The minimum atomic E-state index is 0. The molecule has 0 unspecified atom stereocenters. The van der Waals surface area contributed by atoms with Crippen LogP contribution in [0.1, 0.15) is 59.3 Å². The van der Waals surface area contributed by atoms with Gasteiger partial charge >= 0.3 is 0 Å². The van der Waals surface area contributed by atoms with Crippen LogP contribution in [-0.4, -0.2) is 36.0 Å². The van der Waals surface area contributed by atoms with Gasteiger partial charge < -0.3 is 16.7 Å². The number of rotatable bonds is 3. The Morgan fingerprint density at radius 1 is 1.24 bits per heavy atom. The van der Waals surface area contributed by atoms with Crippen molar-refractivity contribution in [1.29, 1.82) is 0 Å². The molecule has 0 atom stereocenters. The van der Waals surface area contributed by atoms with Crippen molar-refractivity contribution in [2.75, 3.05) is 13.1 Å². The van der Waals surface area contributed by atoms with Gasteiger partial charge in [-0.15, -0.1) is 0 Å². The first-order chi connectivity index (χ1) is 9.55. The van der Waals surface area contributed by atoms with Crippen molar-refractivity contribution in [3.05, 3.63) is 12.7 Å². The van der Waals surface area contributed by atoms with Crippen molar-refractivity contribution in [3.63, 3.8) is 0 Å². The summed E-state index contributed by atoms with van der Waals surface area (Å²) < 4.78 is 0. The summed E-state index contributed by atoms with van der Waals surface area (Å²) in [5.74, 6) is 0.909. The molecule has 3 nitrogen and oxygen atoms in total. The van der Waals surface area contributed by atoms with Gasteiger partial charge in [-0.2, -0.15) is 6.41 Å². The van der Waals surface area contributed by atoms with Crippen LogP contribution in [0.5, 0.6) is 0 Å². The second kappa shape index (κ2) is 10.9. The van der Waals surface area contributed by atoms with E-state index in [1.807, 2.05) is 6.41 Å². The summed E-state index contributed by atoms with van der Waals surface area (Å²) in [6.45, 7) is 13.6. The van der Waals surface area contributed by atoms with Gasteiger partial charge in [-0.05, 0) is 57.4 Å². The fraction of sp³-hybridized carbons (Fsp3) is 0.824. The topological polar surface area (TPSA) is 32.3 Å². The molecular weight excluding hydrogens is 337 g/mol. The number of hydrogen-bond acceptors (Lipinski definition) is 2. The number of piperidine rings is 1. The van der Waals surface area contributed by atoms with Gasteiger partial charge in [0.25, 0.3) is 0 Å². The fourth-order valence-electron chi connectivity index (χ4n) is 3.35. The van der Waals surface area contributed by atoms with Crippen LogP contribution in [0.2, 0.25) is 0 Å². The molecule has 1 aliphatic heterocycles. The van der Waals surface area contributed by atoms with Gasteiger partial charge in [0.05, 0.1) is 0 Å². The predicted octanol–water partition coefficient (Wildman–Crippen LogP) is 3.07. The molecule has 0 aromatic rings. The molecule has 0 spiro atoms. The molecule has 0 aromatic carbocycles. The van der Waals surface area contributed by atoms with Gasteiger partial charge in [0.2, 0.25) is 0 Å². The summed E-state index contributed by atoms with van der Waals surface area (Å²) in [6.07, 6.45) is 10.9. The van der Waals surface area contributed by atoms with Gasteiger partial charge in [-0.1, -0.05) is 13.8 Å². The Morgan fingerprint density at radius 2 is 1.71 bits per heavy atom. The molecule has 1 saturated carbocycles. The third-order valence-corrected chi connectivity index (χ3v) is 4.87. The van der Waals surface area contributed by atoms with Crippen LogP contribution >= 0.6 is 0 Å². The maximum atomic E-state index is 10.3. The number of allylic oxidation sites excluding steroid dienone is 1. The average Bonchev–Trinajstić information content (AvgIpc) is 2.44. The third kappa shape index (κ3) is 6.92. The summed E-state index contributed by atoms with van der Waals surface area (Å²) in [4.78, 5) is 13.0. The molecule has 1 amide bonds. The van der Waals surface area contributed by atoms with E-state index in [1.54, 1.807) is 6.92 Å². The Labute approximate surface area is 156 Å². The molecule has 2 rings (SSSR count). The Bertz CT molecular complexity index is 293. The molecule has 1 heterocycles. The standard InChI is InChI=1S/C14H25N2O.C3H5.Y/c1-12-3-7-14(2,8-4-12)16-9-5-13(6-10-16)15-11-17;1-3-2;/h12-13H,3-10H2,1-2H3,(H,15,17);1,3H,2H3;/q2*-1;. The van der Waals surface area contributed by atoms with E-state index in [0.29, 0.717) is 11.6 Å². The monoisotopic (exact) mass is 367 g/mol. The predicted molar refractivity (Wildman–Crippen MR) is 84.0 cm³/mol. The van der Waals surface area contributed by atoms with Crippen molar-refractivity contribution in [2.45, 2.75) is 70.9 Å². The summed E-state index contributed by atoms with van der Waals surface area (Å²) in [5, 5.41) is 2.80. The maximum absolute atomic E-state index is 10.3. The molecule has 4 heteroatoms. The fourth-order valence-corrected chi connectivity index (χ4v) is 3.35. The zero-order valence-electron chi connectivity index (χ0n) is 13.9. The SMILES string of the molecule is CC1CCC(C)(N2CCC(N[C-]=O)CC2)CC1.[CH-]=CC.[Y]. The summed E-state index contributed by atoms with van der Waals surface area (Å²) in [5.41, 5.74) is 0.419. The molecule has 0 bridgehead atoms. The minimum absolute atomic E-state index is 0. The van der Waals surface area contributed by atoms with E-state index in [0.717, 1.165) is 31.8 Å². The first kappa shape index (κ1) is 21.3. The van der Waals surface area contributed by atoms with E-state index >= 15 is 0 Å². The maximum Gasteiger partial charge on any atom is 0.0181 e. The van der Waals surface area contributed by atoms with Gasteiger partial charge in [0, 0.05) is 51.3 Å². The van der Waals surface area contributed by atoms with Gasteiger partial charge in [-0.3, -0.25) is 11.0 Å². The molecule has 1 N–H and O–H groups in total. The molecule has 2 fully saturated rings. The van der Waals surface area contributed by atoms with Crippen molar-refractivity contribution in [2.24, 2.45) is 5.92 Å². The van der Waals surface area contributed by atoms with Crippen LogP contribution in [0.3, 0.4) is 0 Å². The number of carbonyl (C=O) groups excluding carboxylic acids is 1. The molecule has 119 valence electrons. The van der Waals surface area contributed by atoms with Gasteiger partial charge in [0.1, 0.15) is 0 Å². The number of nitrogens with one attached hydrogen (secondary N) is 1. The Morgan fingerprint density at radius 3 is 2.14 bits per heavy atom. The second-order valence-corrected chi connectivity index (χ2v) is 6.52. The smallest absolute Gasteiger partial charge is 0.0181 e. The summed E-state index contributed by atoms with van der Waals surface area (Å²) in [7, 11) is 0. The minimum Gasteiger partial charge on any atom is -0.527 e. The molecule has 1 radical (unpaired) electrons. The first-order valence-electron chi connectivity index (χ1n) is 7.93. The largest absolute Gasteiger partial charge is 0.527 e. The Balaban J connectivity index is 0.000000922. The second-order valence-electron chi connectivity index (χ2n) is 6.52. The number of hydrogen-bond donors (Lipinski definition) is 1. The van der Waals surface area contributed by atoms with Crippen LogP contribution in [0, 0.1) is 12.5 Å². The van der Waals surface area contributed by atoms with E-state index in [2.05, 4.69) is 24.1 Å². The summed E-state index contributed by atoms with van der Waals surface area (Å²) in [6, 6.07) is 0.356. The van der Waals surface area contributed by atoms with E-state index in [-0.39, 0.29) is 32.7 Å². The van der Waals surface area contributed by atoms with E-state index in [4.69, 9.17) is 6.58 Å². The number of nitrogens with zero attached hydrogens (tertiary/aromatic N) is 1. The Hall–Kier alpha value is 0.274. The third-order valence-electron chi connectivity index (χ3n) is 4.87. The molecule has 1 aliphatic carbocycles. The van der Waals surface area contributed by atoms with Gasteiger partial charge in [-0.25, -0.2) is 0 Å². The molecule has 1 saturated heterocycles. The average molecular weight is 367 g/mol.